The van der Waals surface area contributed by atoms with Crippen molar-refractivity contribution in [2.75, 3.05) is 13.1 Å². The highest BCUT2D eigenvalue weighted by molar-refractivity contribution is 5.92. The summed E-state index contributed by atoms with van der Waals surface area (Å²) in [6.45, 7) is 2.08. The summed E-state index contributed by atoms with van der Waals surface area (Å²) in [7, 11) is 0. The Balaban J connectivity index is 0.00000192. The monoisotopic (exact) mass is 339 g/mol. The van der Waals surface area contributed by atoms with Gasteiger partial charge in [0.25, 0.3) is 5.91 Å². The molecule has 3 N–H and O–H groups in total. The lowest BCUT2D eigenvalue weighted by molar-refractivity contribution is 0.0863. The Bertz CT molecular complexity index is 512. The SMILES string of the molecule is Cl.O=C(NC1CCC(O)CC1)c1cc(C2CCNCC2)ccn1. The number of piperidine rings is 1. The molecule has 0 bridgehead atoms. The van der Waals surface area contributed by atoms with Gasteiger partial charge in [-0.2, -0.15) is 0 Å². The van der Waals surface area contributed by atoms with E-state index in [1.165, 1.54) is 5.56 Å². The summed E-state index contributed by atoms with van der Waals surface area (Å²) in [4.78, 5) is 16.6. The molecule has 1 saturated heterocycles. The molecule has 23 heavy (non-hydrogen) atoms. The zero-order chi connectivity index (χ0) is 15.4. The molecule has 5 nitrogen and oxygen atoms in total. The van der Waals surface area contributed by atoms with Crippen molar-refractivity contribution in [3.8, 4) is 0 Å². The minimum atomic E-state index is -0.200. The van der Waals surface area contributed by atoms with E-state index in [0.29, 0.717) is 11.6 Å². The van der Waals surface area contributed by atoms with Gasteiger partial charge in [0.2, 0.25) is 0 Å². The second-order valence-corrected chi connectivity index (χ2v) is 6.48. The van der Waals surface area contributed by atoms with Gasteiger partial charge in [-0.25, -0.2) is 0 Å². The van der Waals surface area contributed by atoms with Crippen molar-refractivity contribution in [1.29, 1.82) is 0 Å². The Morgan fingerprint density at radius 1 is 1.17 bits per heavy atom. The number of hydrogen-bond donors (Lipinski definition) is 3. The average molecular weight is 340 g/mol. The summed E-state index contributed by atoms with van der Waals surface area (Å²) in [5, 5.41) is 16.0. The van der Waals surface area contributed by atoms with Gasteiger partial charge in [0, 0.05) is 12.2 Å². The van der Waals surface area contributed by atoms with Crippen LogP contribution in [0, 0.1) is 0 Å². The molecule has 3 rings (SSSR count). The quantitative estimate of drug-likeness (QED) is 0.787. The van der Waals surface area contributed by atoms with E-state index in [2.05, 4.69) is 15.6 Å². The molecular weight excluding hydrogens is 314 g/mol. The van der Waals surface area contributed by atoms with E-state index in [-0.39, 0.29) is 30.5 Å². The van der Waals surface area contributed by atoms with Crippen LogP contribution in [0.3, 0.4) is 0 Å². The van der Waals surface area contributed by atoms with Crippen molar-refractivity contribution in [3.05, 3.63) is 29.6 Å². The van der Waals surface area contributed by atoms with Crippen molar-refractivity contribution in [2.45, 2.75) is 56.6 Å². The Labute approximate surface area is 143 Å². The van der Waals surface area contributed by atoms with Crippen LogP contribution in [0.5, 0.6) is 0 Å². The number of nitrogens with zero attached hydrogens (tertiary/aromatic N) is 1. The summed E-state index contributed by atoms with van der Waals surface area (Å²) in [6, 6.07) is 4.15. The van der Waals surface area contributed by atoms with Crippen molar-refractivity contribution in [1.82, 2.24) is 15.6 Å². The molecule has 2 aliphatic rings. The van der Waals surface area contributed by atoms with Gasteiger partial charge in [0.05, 0.1) is 6.10 Å². The first-order valence-corrected chi connectivity index (χ1v) is 8.38. The fourth-order valence-corrected chi connectivity index (χ4v) is 3.46. The standard InChI is InChI=1S/C17H25N3O2.ClH/c21-15-3-1-14(2-4-15)20-17(22)16-11-13(7-10-19-16)12-5-8-18-9-6-12;/h7,10-12,14-15,18,21H,1-6,8-9H2,(H,20,22);1H. The molecule has 6 heteroatoms. The number of nitrogens with one attached hydrogen (secondary N) is 2. The topological polar surface area (TPSA) is 74.2 Å². The fraction of sp³-hybridized carbons (Fsp3) is 0.647. The number of hydrogen-bond acceptors (Lipinski definition) is 4. The molecular formula is C17H26ClN3O2. The normalized spacial score (nSPS) is 25.4. The molecule has 2 fully saturated rings. The third kappa shape index (κ3) is 4.90. The maximum Gasteiger partial charge on any atom is 0.270 e. The van der Waals surface area contributed by atoms with Crippen LogP contribution in [0.4, 0.5) is 0 Å². The average Bonchev–Trinajstić information content (AvgIpc) is 2.58. The van der Waals surface area contributed by atoms with Crippen LogP contribution in [-0.4, -0.2) is 41.2 Å². The molecule has 1 aliphatic heterocycles. The molecule has 1 aliphatic carbocycles. The lowest BCUT2D eigenvalue weighted by atomic mass is 9.90. The molecule has 1 aromatic rings. The summed E-state index contributed by atoms with van der Waals surface area (Å²) < 4.78 is 0. The van der Waals surface area contributed by atoms with Crippen LogP contribution >= 0.6 is 12.4 Å². The molecule has 1 aromatic heterocycles. The van der Waals surface area contributed by atoms with Crippen LogP contribution in [0.15, 0.2) is 18.3 Å². The number of aromatic nitrogens is 1. The smallest absolute Gasteiger partial charge is 0.270 e. The van der Waals surface area contributed by atoms with Gasteiger partial charge < -0.3 is 15.7 Å². The van der Waals surface area contributed by atoms with Gasteiger partial charge in [-0.05, 0) is 75.2 Å². The van der Waals surface area contributed by atoms with Gasteiger partial charge in [-0.15, -0.1) is 12.4 Å². The molecule has 0 radical (unpaired) electrons. The molecule has 0 unspecified atom stereocenters. The summed E-state index contributed by atoms with van der Waals surface area (Å²) in [5.74, 6) is 0.442. The van der Waals surface area contributed by atoms with Crippen LogP contribution in [-0.2, 0) is 0 Å². The minimum Gasteiger partial charge on any atom is -0.393 e. The van der Waals surface area contributed by atoms with E-state index in [1.54, 1.807) is 6.20 Å². The third-order valence-corrected chi connectivity index (χ3v) is 4.86. The van der Waals surface area contributed by atoms with Gasteiger partial charge in [0.15, 0.2) is 0 Å². The van der Waals surface area contributed by atoms with E-state index in [9.17, 15) is 9.90 Å². The van der Waals surface area contributed by atoms with E-state index < -0.39 is 0 Å². The zero-order valence-corrected chi connectivity index (χ0v) is 14.1. The molecule has 1 amide bonds. The fourth-order valence-electron chi connectivity index (χ4n) is 3.46. The second kappa shape index (κ2) is 8.62. The number of aliphatic hydroxyl groups is 1. The predicted octanol–water partition coefficient (Wildman–Crippen LogP) is 2.00. The molecule has 2 heterocycles. The largest absolute Gasteiger partial charge is 0.393 e. The van der Waals surface area contributed by atoms with Gasteiger partial charge in [-0.1, -0.05) is 0 Å². The number of carbonyl (C=O) groups is 1. The first kappa shape index (κ1) is 18.2. The van der Waals surface area contributed by atoms with Gasteiger partial charge in [-0.3, -0.25) is 9.78 Å². The summed E-state index contributed by atoms with van der Waals surface area (Å²) >= 11 is 0. The Morgan fingerprint density at radius 2 is 1.87 bits per heavy atom. The van der Waals surface area contributed by atoms with Gasteiger partial charge in [0.1, 0.15) is 5.69 Å². The highest BCUT2D eigenvalue weighted by Crippen LogP contribution is 2.25. The number of halogens is 1. The van der Waals surface area contributed by atoms with E-state index in [0.717, 1.165) is 51.6 Å². The lowest BCUT2D eigenvalue weighted by Crippen LogP contribution is -2.39. The first-order chi connectivity index (χ1) is 10.7. The van der Waals surface area contributed by atoms with Crippen molar-refractivity contribution < 1.29 is 9.90 Å². The number of aliphatic hydroxyl groups excluding tert-OH is 1. The van der Waals surface area contributed by atoms with E-state index in [4.69, 9.17) is 0 Å². The molecule has 0 spiro atoms. The highest BCUT2D eigenvalue weighted by Gasteiger charge is 2.22. The Kier molecular flexibility index (Phi) is 6.81. The maximum absolute atomic E-state index is 12.4. The van der Waals surface area contributed by atoms with Crippen LogP contribution in [0.1, 0.15) is 60.5 Å². The number of carbonyl (C=O) groups excluding carboxylic acids is 1. The first-order valence-electron chi connectivity index (χ1n) is 8.38. The molecule has 0 aromatic carbocycles. The van der Waals surface area contributed by atoms with E-state index in [1.807, 2.05) is 12.1 Å². The van der Waals surface area contributed by atoms with Crippen molar-refractivity contribution >= 4 is 18.3 Å². The van der Waals surface area contributed by atoms with E-state index >= 15 is 0 Å². The summed E-state index contributed by atoms with van der Waals surface area (Å²) in [5.41, 5.74) is 1.74. The molecule has 0 atom stereocenters. The van der Waals surface area contributed by atoms with Crippen LogP contribution < -0.4 is 10.6 Å². The Hall–Kier alpha value is -1.17. The zero-order valence-electron chi connectivity index (χ0n) is 13.3. The number of pyridine rings is 1. The highest BCUT2D eigenvalue weighted by atomic mass is 35.5. The van der Waals surface area contributed by atoms with Crippen LogP contribution in [0.25, 0.3) is 0 Å². The second-order valence-electron chi connectivity index (χ2n) is 6.48. The third-order valence-electron chi connectivity index (χ3n) is 4.86. The summed E-state index contributed by atoms with van der Waals surface area (Å²) in [6.07, 6.45) is 7.02. The van der Waals surface area contributed by atoms with Crippen LogP contribution in [0.2, 0.25) is 0 Å². The number of rotatable bonds is 3. The Morgan fingerprint density at radius 3 is 2.57 bits per heavy atom. The molecule has 128 valence electrons. The molecule has 1 saturated carbocycles. The lowest BCUT2D eigenvalue weighted by Gasteiger charge is -2.26. The minimum absolute atomic E-state index is 0. The van der Waals surface area contributed by atoms with Gasteiger partial charge >= 0.3 is 0 Å². The maximum atomic E-state index is 12.4. The van der Waals surface area contributed by atoms with Crippen molar-refractivity contribution in [3.63, 3.8) is 0 Å². The van der Waals surface area contributed by atoms with Crippen molar-refractivity contribution in [2.24, 2.45) is 0 Å². The number of amides is 1. The predicted molar refractivity (Wildman–Crippen MR) is 92.1 cm³/mol.